The van der Waals surface area contributed by atoms with Crippen molar-refractivity contribution in [1.29, 1.82) is 0 Å². The third kappa shape index (κ3) is 3.63. The molecule has 1 aliphatic heterocycles. The van der Waals surface area contributed by atoms with E-state index in [1.165, 1.54) is 24.0 Å². The van der Waals surface area contributed by atoms with Gasteiger partial charge in [-0.15, -0.1) is 0 Å². The molecule has 6 rings (SSSR count). The average molecular weight is 497 g/mol. The van der Waals surface area contributed by atoms with E-state index in [-0.39, 0.29) is 17.4 Å². The number of hydrogen-bond acceptors (Lipinski definition) is 6. The Morgan fingerprint density at radius 1 is 1.03 bits per heavy atom. The maximum absolute atomic E-state index is 13.8. The van der Waals surface area contributed by atoms with Crippen molar-refractivity contribution in [3.63, 3.8) is 0 Å². The van der Waals surface area contributed by atoms with E-state index >= 15 is 0 Å². The molecule has 6 nitrogen and oxygen atoms in total. The number of fused-ring (bicyclic) bond motifs is 3. The zero-order chi connectivity index (χ0) is 24.8. The molecule has 4 aromatic rings. The van der Waals surface area contributed by atoms with Crippen molar-refractivity contribution >= 4 is 23.1 Å². The molecule has 0 radical (unpaired) electrons. The van der Waals surface area contributed by atoms with Crippen molar-refractivity contribution < 1.29 is 14.6 Å². The monoisotopic (exact) mass is 496 g/mol. The number of benzene rings is 3. The predicted molar refractivity (Wildman–Crippen MR) is 140 cm³/mol. The highest BCUT2D eigenvalue weighted by Gasteiger charge is 2.32. The van der Waals surface area contributed by atoms with Gasteiger partial charge in [-0.2, -0.15) is 0 Å². The maximum Gasteiger partial charge on any atom is 0.271 e. The van der Waals surface area contributed by atoms with Crippen LogP contribution in [0.1, 0.15) is 34.7 Å². The van der Waals surface area contributed by atoms with Crippen molar-refractivity contribution in [3.8, 4) is 17.2 Å². The summed E-state index contributed by atoms with van der Waals surface area (Å²) in [4.78, 5) is 19.5. The molecule has 1 N–H and O–H groups in total. The Balaban J connectivity index is 1.60. The number of ether oxygens (including phenoxy) is 2. The molecule has 3 aromatic carbocycles. The second-order valence-corrected chi connectivity index (χ2v) is 9.83. The van der Waals surface area contributed by atoms with Crippen LogP contribution in [0.2, 0.25) is 0 Å². The van der Waals surface area contributed by atoms with Gasteiger partial charge < -0.3 is 14.6 Å². The smallest absolute Gasteiger partial charge is 0.271 e. The minimum atomic E-state index is -0.272. The highest BCUT2D eigenvalue weighted by molar-refractivity contribution is 7.07. The molecule has 36 heavy (non-hydrogen) atoms. The first-order chi connectivity index (χ1) is 17.6. The zero-order valence-corrected chi connectivity index (χ0v) is 20.7. The van der Waals surface area contributed by atoms with Crippen LogP contribution >= 0.6 is 11.3 Å². The Morgan fingerprint density at radius 2 is 1.89 bits per heavy atom. The molecule has 2 heterocycles. The number of methoxy groups -OCH3 is 2. The lowest BCUT2D eigenvalue weighted by Gasteiger charge is -2.31. The van der Waals surface area contributed by atoms with Gasteiger partial charge in [0, 0.05) is 5.56 Å². The van der Waals surface area contributed by atoms with E-state index in [1.807, 2.05) is 36.4 Å². The van der Waals surface area contributed by atoms with Gasteiger partial charge in [-0.1, -0.05) is 53.8 Å². The lowest BCUT2D eigenvalue weighted by Crippen LogP contribution is -2.38. The van der Waals surface area contributed by atoms with E-state index in [0.29, 0.717) is 20.6 Å². The molecule has 0 saturated carbocycles. The number of hydrogen-bond donors (Lipinski definition) is 1. The van der Waals surface area contributed by atoms with Crippen molar-refractivity contribution in [2.24, 2.45) is 4.99 Å². The Hall–Kier alpha value is -4.10. The van der Waals surface area contributed by atoms with Crippen molar-refractivity contribution in [1.82, 2.24) is 4.57 Å². The van der Waals surface area contributed by atoms with E-state index in [1.54, 1.807) is 29.9 Å². The highest BCUT2D eigenvalue weighted by Crippen LogP contribution is 2.41. The number of thiazole rings is 1. The van der Waals surface area contributed by atoms with E-state index < -0.39 is 0 Å². The highest BCUT2D eigenvalue weighted by atomic mass is 32.1. The number of nitrogens with zero attached hydrogens (tertiary/aromatic N) is 2. The number of phenols is 1. The minimum Gasteiger partial charge on any atom is -0.504 e. The number of aryl methyl sites for hydroxylation is 1. The van der Waals surface area contributed by atoms with Crippen LogP contribution in [-0.2, 0) is 6.42 Å². The number of rotatable bonds is 4. The lowest BCUT2D eigenvalue weighted by atomic mass is 9.83. The molecule has 0 bridgehead atoms. The minimum absolute atomic E-state index is 0.0281. The summed E-state index contributed by atoms with van der Waals surface area (Å²) >= 11 is 1.36. The summed E-state index contributed by atoms with van der Waals surface area (Å²) in [6.07, 6.45) is 3.52. The maximum atomic E-state index is 13.8. The fourth-order valence-corrected chi connectivity index (χ4v) is 6.08. The van der Waals surface area contributed by atoms with Gasteiger partial charge >= 0.3 is 0 Å². The standard InChI is InChI=1S/C29H24N2O4S/c1-34-20-8-5-7-19(16-20)27-22-12-11-18-6-3-4-9-21(18)26(22)30-29-31(27)28(33)25(36-29)15-17-10-13-24(35-2)23(32)14-17/h3-10,13-16,27,32H,11-12H2,1-2H3/b25-15+/t27-/m0/s1. The summed E-state index contributed by atoms with van der Waals surface area (Å²) in [6.45, 7) is 0. The molecule has 180 valence electrons. The lowest BCUT2D eigenvalue weighted by molar-refractivity contribution is 0.373. The van der Waals surface area contributed by atoms with Gasteiger partial charge in [-0.3, -0.25) is 9.36 Å². The molecule has 2 aliphatic rings. The molecule has 1 atom stereocenters. The summed E-state index contributed by atoms with van der Waals surface area (Å²) in [5, 5.41) is 10.2. The van der Waals surface area contributed by atoms with Gasteiger partial charge in [0.05, 0.1) is 30.5 Å². The first kappa shape index (κ1) is 22.4. The molecule has 1 aliphatic carbocycles. The van der Waals surface area contributed by atoms with Crippen LogP contribution < -0.4 is 24.4 Å². The van der Waals surface area contributed by atoms with Crippen molar-refractivity contribution in [2.45, 2.75) is 18.9 Å². The first-order valence-electron chi connectivity index (χ1n) is 11.7. The molecule has 0 spiro atoms. The van der Waals surface area contributed by atoms with Crippen LogP contribution in [0.4, 0.5) is 0 Å². The van der Waals surface area contributed by atoms with Crippen molar-refractivity contribution in [3.05, 3.63) is 114 Å². The van der Waals surface area contributed by atoms with Crippen molar-refractivity contribution in [2.75, 3.05) is 14.2 Å². The molecule has 1 aromatic heterocycles. The van der Waals surface area contributed by atoms with Crippen LogP contribution in [0.15, 0.2) is 82.1 Å². The van der Waals surface area contributed by atoms with Gasteiger partial charge in [0.25, 0.3) is 5.56 Å². The molecule has 0 amide bonds. The topological polar surface area (TPSA) is 73.1 Å². The molecule has 0 fully saturated rings. The second kappa shape index (κ2) is 8.84. The number of aromatic hydroxyl groups is 1. The number of phenolic OH excluding ortho intramolecular Hbond substituents is 1. The predicted octanol–water partition coefficient (Wildman–Crippen LogP) is 4.04. The number of aromatic nitrogens is 1. The zero-order valence-electron chi connectivity index (χ0n) is 19.9. The van der Waals surface area contributed by atoms with Crippen LogP contribution in [-0.4, -0.2) is 23.9 Å². The Labute approximate surface area is 211 Å². The van der Waals surface area contributed by atoms with Gasteiger partial charge in [0.1, 0.15) is 5.75 Å². The second-order valence-electron chi connectivity index (χ2n) is 8.82. The third-order valence-electron chi connectivity index (χ3n) is 6.78. The molecule has 0 unspecified atom stereocenters. The van der Waals surface area contributed by atoms with Gasteiger partial charge in [0.2, 0.25) is 0 Å². The Morgan fingerprint density at radius 3 is 2.69 bits per heavy atom. The Kier molecular flexibility index (Phi) is 5.49. The average Bonchev–Trinajstić information content (AvgIpc) is 3.21. The molecular weight excluding hydrogens is 472 g/mol. The van der Waals surface area contributed by atoms with Crippen LogP contribution in [0, 0.1) is 0 Å². The first-order valence-corrected chi connectivity index (χ1v) is 12.5. The summed E-state index contributed by atoms with van der Waals surface area (Å²) < 4.78 is 13.0. The van der Waals surface area contributed by atoms with Gasteiger partial charge in [0.15, 0.2) is 16.3 Å². The van der Waals surface area contributed by atoms with E-state index in [9.17, 15) is 9.90 Å². The van der Waals surface area contributed by atoms with E-state index in [0.717, 1.165) is 41.0 Å². The summed E-state index contributed by atoms with van der Waals surface area (Å²) in [6, 6.07) is 21.1. The number of allylic oxidation sites excluding steroid dienone is 1. The Bertz CT molecular complexity index is 1710. The summed E-state index contributed by atoms with van der Waals surface area (Å²) in [7, 11) is 3.15. The van der Waals surface area contributed by atoms with Crippen LogP contribution in [0.25, 0.3) is 11.8 Å². The van der Waals surface area contributed by atoms with Crippen LogP contribution in [0.3, 0.4) is 0 Å². The van der Waals surface area contributed by atoms with Crippen LogP contribution in [0.5, 0.6) is 17.2 Å². The molecular formula is C29H24N2O4S. The normalized spacial score (nSPS) is 16.6. The summed E-state index contributed by atoms with van der Waals surface area (Å²) in [5.74, 6) is 1.16. The van der Waals surface area contributed by atoms with E-state index in [4.69, 9.17) is 14.5 Å². The van der Waals surface area contributed by atoms with Gasteiger partial charge in [-0.25, -0.2) is 4.99 Å². The quantitative estimate of drug-likeness (QED) is 0.463. The molecule has 7 heteroatoms. The fraction of sp³-hybridized carbons (Fsp3) is 0.172. The molecule has 0 saturated heterocycles. The third-order valence-corrected chi connectivity index (χ3v) is 7.77. The van der Waals surface area contributed by atoms with Gasteiger partial charge in [-0.05, 0) is 65.4 Å². The summed E-state index contributed by atoms with van der Waals surface area (Å²) in [5.41, 5.74) is 6.10. The SMILES string of the molecule is COc1cccc([C@H]2C3=C(N=c4s/c(=C/c5ccc(OC)c(O)c5)c(=O)n42)c2ccccc2CC3)c1. The van der Waals surface area contributed by atoms with E-state index in [2.05, 4.69) is 18.2 Å². The largest absolute Gasteiger partial charge is 0.504 e. The fourth-order valence-electron chi connectivity index (χ4n) is 5.08.